The maximum Gasteiger partial charge on any atom is 0.0180 e. The summed E-state index contributed by atoms with van der Waals surface area (Å²) in [6.07, 6.45) is 2.27. The second-order valence-electron chi connectivity index (χ2n) is 7.44. The zero-order valence-electron chi connectivity index (χ0n) is 13.3. The summed E-state index contributed by atoms with van der Waals surface area (Å²) in [5.74, 6) is 0.548. The summed E-state index contributed by atoms with van der Waals surface area (Å²) in [5, 5.41) is 3.74. The lowest BCUT2D eigenvalue weighted by molar-refractivity contribution is 0.161. The molecule has 0 amide bonds. The molecule has 1 heterocycles. The standard InChI is InChI=1S/C17H29N3/c1-16(2)8-14(9-17(3,4)20-16)15-7-12(10-18)5-6-13(15)11-19/h5-7,14,20H,8-11,18-19H2,1-4H3. The summed E-state index contributed by atoms with van der Waals surface area (Å²) in [5.41, 5.74) is 15.9. The average molecular weight is 275 g/mol. The molecule has 3 nitrogen and oxygen atoms in total. The van der Waals surface area contributed by atoms with Gasteiger partial charge in [-0.05, 0) is 63.1 Å². The van der Waals surface area contributed by atoms with E-state index in [1.54, 1.807) is 0 Å². The highest BCUT2D eigenvalue weighted by Crippen LogP contribution is 2.40. The van der Waals surface area contributed by atoms with Crippen molar-refractivity contribution in [3.63, 3.8) is 0 Å². The van der Waals surface area contributed by atoms with Gasteiger partial charge < -0.3 is 16.8 Å². The van der Waals surface area contributed by atoms with Crippen molar-refractivity contribution in [2.45, 2.75) is 70.6 Å². The summed E-state index contributed by atoms with van der Waals surface area (Å²) >= 11 is 0. The first-order valence-electron chi connectivity index (χ1n) is 7.57. The minimum absolute atomic E-state index is 0.150. The Labute approximate surface area is 123 Å². The maximum absolute atomic E-state index is 5.94. The molecular weight excluding hydrogens is 246 g/mol. The highest BCUT2D eigenvalue weighted by Gasteiger charge is 2.38. The van der Waals surface area contributed by atoms with Gasteiger partial charge in [-0.25, -0.2) is 0 Å². The van der Waals surface area contributed by atoms with Gasteiger partial charge in [0, 0.05) is 24.2 Å². The Bertz CT molecular complexity index is 461. The number of hydrogen-bond donors (Lipinski definition) is 3. The fourth-order valence-electron chi connectivity index (χ4n) is 3.88. The molecule has 5 N–H and O–H groups in total. The van der Waals surface area contributed by atoms with Crippen molar-refractivity contribution in [3.05, 3.63) is 34.9 Å². The van der Waals surface area contributed by atoms with Gasteiger partial charge in [0.05, 0.1) is 0 Å². The Kier molecular flexibility index (Phi) is 4.24. The molecule has 1 aromatic rings. The lowest BCUT2D eigenvalue weighted by Crippen LogP contribution is -2.57. The smallest absolute Gasteiger partial charge is 0.0180 e. The number of rotatable bonds is 3. The third-order valence-electron chi connectivity index (χ3n) is 4.30. The highest BCUT2D eigenvalue weighted by molar-refractivity contribution is 5.36. The molecule has 0 spiro atoms. The van der Waals surface area contributed by atoms with Gasteiger partial charge in [-0.1, -0.05) is 18.2 Å². The first-order chi connectivity index (χ1) is 9.26. The largest absolute Gasteiger partial charge is 0.326 e. The lowest BCUT2D eigenvalue weighted by Gasteiger charge is -2.47. The molecule has 0 unspecified atom stereocenters. The summed E-state index contributed by atoms with van der Waals surface area (Å²) in [6, 6.07) is 6.52. The fraction of sp³-hybridized carbons (Fsp3) is 0.647. The molecule has 0 bridgehead atoms. The van der Waals surface area contributed by atoms with Crippen LogP contribution >= 0.6 is 0 Å². The van der Waals surface area contributed by atoms with Gasteiger partial charge in [-0.15, -0.1) is 0 Å². The van der Waals surface area contributed by atoms with Crippen LogP contribution in [0.1, 0.15) is 63.1 Å². The first kappa shape index (κ1) is 15.5. The minimum atomic E-state index is 0.150. The van der Waals surface area contributed by atoms with Crippen LogP contribution in [0.15, 0.2) is 18.2 Å². The molecule has 0 atom stereocenters. The summed E-state index contributed by atoms with van der Waals surface area (Å²) in [4.78, 5) is 0. The topological polar surface area (TPSA) is 64.1 Å². The van der Waals surface area contributed by atoms with E-state index >= 15 is 0 Å². The van der Waals surface area contributed by atoms with Crippen LogP contribution in [0.25, 0.3) is 0 Å². The molecule has 20 heavy (non-hydrogen) atoms. The average Bonchev–Trinajstić information content (AvgIpc) is 2.34. The van der Waals surface area contributed by atoms with Crippen molar-refractivity contribution in [1.82, 2.24) is 5.32 Å². The van der Waals surface area contributed by atoms with Crippen LogP contribution in [0.3, 0.4) is 0 Å². The molecule has 2 rings (SSSR count). The zero-order valence-corrected chi connectivity index (χ0v) is 13.3. The van der Waals surface area contributed by atoms with Gasteiger partial charge in [-0.2, -0.15) is 0 Å². The van der Waals surface area contributed by atoms with Gasteiger partial charge in [0.25, 0.3) is 0 Å². The molecule has 1 aliphatic heterocycles. The van der Waals surface area contributed by atoms with E-state index in [9.17, 15) is 0 Å². The molecule has 0 aliphatic carbocycles. The predicted octanol–water partition coefficient (Wildman–Crippen LogP) is 2.63. The number of nitrogens with two attached hydrogens (primary N) is 2. The van der Waals surface area contributed by atoms with Crippen LogP contribution in [0.5, 0.6) is 0 Å². The summed E-state index contributed by atoms with van der Waals surface area (Å²) < 4.78 is 0. The molecule has 1 fully saturated rings. The van der Waals surface area contributed by atoms with Gasteiger partial charge in [0.15, 0.2) is 0 Å². The molecular formula is C17H29N3. The third-order valence-corrected chi connectivity index (χ3v) is 4.30. The number of piperidine rings is 1. The third kappa shape index (κ3) is 3.40. The quantitative estimate of drug-likeness (QED) is 0.794. The molecule has 3 heteroatoms. The van der Waals surface area contributed by atoms with E-state index < -0.39 is 0 Å². The van der Waals surface area contributed by atoms with Crippen molar-refractivity contribution in [3.8, 4) is 0 Å². The fourth-order valence-corrected chi connectivity index (χ4v) is 3.88. The Hall–Kier alpha value is -0.900. The van der Waals surface area contributed by atoms with Crippen LogP contribution in [0.4, 0.5) is 0 Å². The van der Waals surface area contributed by atoms with Crippen LogP contribution in [-0.2, 0) is 13.1 Å². The van der Waals surface area contributed by atoms with Crippen molar-refractivity contribution >= 4 is 0 Å². The summed E-state index contributed by atoms with van der Waals surface area (Å²) in [6.45, 7) is 10.3. The highest BCUT2D eigenvalue weighted by atomic mass is 15.0. The second-order valence-corrected chi connectivity index (χ2v) is 7.44. The van der Waals surface area contributed by atoms with Gasteiger partial charge in [-0.3, -0.25) is 0 Å². The lowest BCUT2D eigenvalue weighted by atomic mass is 9.72. The Morgan fingerprint density at radius 2 is 1.65 bits per heavy atom. The van der Waals surface area contributed by atoms with Crippen LogP contribution in [-0.4, -0.2) is 11.1 Å². The maximum atomic E-state index is 5.94. The van der Waals surface area contributed by atoms with E-state index in [0.717, 1.165) is 12.8 Å². The normalized spacial score (nSPS) is 21.9. The molecule has 0 radical (unpaired) electrons. The van der Waals surface area contributed by atoms with E-state index in [1.807, 2.05) is 0 Å². The van der Waals surface area contributed by atoms with Crippen molar-refractivity contribution in [1.29, 1.82) is 0 Å². The van der Waals surface area contributed by atoms with Gasteiger partial charge >= 0.3 is 0 Å². The summed E-state index contributed by atoms with van der Waals surface area (Å²) in [7, 11) is 0. The SMILES string of the molecule is CC1(C)CC(c2cc(CN)ccc2CN)CC(C)(C)N1. The monoisotopic (exact) mass is 275 g/mol. The van der Waals surface area contributed by atoms with Crippen molar-refractivity contribution in [2.75, 3.05) is 0 Å². The molecule has 1 saturated heterocycles. The van der Waals surface area contributed by atoms with E-state index in [0.29, 0.717) is 19.0 Å². The molecule has 1 aliphatic rings. The van der Waals surface area contributed by atoms with E-state index in [4.69, 9.17) is 11.5 Å². The van der Waals surface area contributed by atoms with Crippen molar-refractivity contribution in [2.24, 2.45) is 11.5 Å². The van der Waals surface area contributed by atoms with Gasteiger partial charge in [0.2, 0.25) is 0 Å². The van der Waals surface area contributed by atoms with Crippen LogP contribution in [0.2, 0.25) is 0 Å². The predicted molar refractivity (Wildman–Crippen MR) is 85.5 cm³/mol. The second kappa shape index (κ2) is 5.47. The van der Waals surface area contributed by atoms with Crippen molar-refractivity contribution < 1.29 is 0 Å². The number of benzene rings is 1. The van der Waals surface area contributed by atoms with E-state index in [2.05, 4.69) is 51.2 Å². The van der Waals surface area contributed by atoms with Crippen LogP contribution in [0, 0.1) is 0 Å². The number of nitrogens with one attached hydrogen (secondary N) is 1. The molecule has 1 aromatic carbocycles. The minimum Gasteiger partial charge on any atom is -0.326 e. The first-order valence-corrected chi connectivity index (χ1v) is 7.57. The van der Waals surface area contributed by atoms with Gasteiger partial charge in [0.1, 0.15) is 0 Å². The van der Waals surface area contributed by atoms with Crippen LogP contribution < -0.4 is 16.8 Å². The zero-order chi connectivity index (χ0) is 15.0. The molecule has 0 saturated carbocycles. The molecule has 112 valence electrons. The van der Waals surface area contributed by atoms with E-state index in [-0.39, 0.29) is 11.1 Å². The Balaban J connectivity index is 2.39. The van der Waals surface area contributed by atoms with E-state index in [1.165, 1.54) is 16.7 Å². The number of hydrogen-bond acceptors (Lipinski definition) is 3. The Morgan fingerprint density at radius 1 is 1.05 bits per heavy atom. The molecule has 0 aromatic heterocycles. The Morgan fingerprint density at radius 3 is 2.15 bits per heavy atom.